The Labute approximate surface area is 197 Å². The average molecular weight is 463 g/mol. The van der Waals surface area contributed by atoms with Gasteiger partial charge in [0.05, 0.1) is 24.9 Å². The van der Waals surface area contributed by atoms with Gasteiger partial charge in [-0.2, -0.15) is 0 Å². The van der Waals surface area contributed by atoms with Crippen LogP contribution in [0.4, 0.5) is 0 Å². The summed E-state index contributed by atoms with van der Waals surface area (Å²) >= 11 is 1.51. The quantitative estimate of drug-likeness (QED) is 0.309. The molecule has 6 nitrogen and oxygen atoms in total. The molecule has 0 spiro atoms. The highest BCUT2D eigenvalue weighted by Gasteiger charge is 2.47. The Kier molecular flexibility index (Phi) is 6.33. The Hall–Kier alpha value is -3.45. The van der Waals surface area contributed by atoms with Gasteiger partial charge in [0.2, 0.25) is 0 Å². The van der Waals surface area contributed by atoms with Crippen LogP contribution in [0.3, 0.4) is 0 Å². The molecule has 4 rings (SSSR count). The Morgan fingerprint density at radius 1 is 1.21 bits per heavy atom. The van der Waals surface area contributed by atoms with E-state index < -0.39 is 17.7 Å². The number of aliphatic hydroxyl groups excluding tert-OH is 1. The van der Waals surface area contributed by atoms with Crippen LogP contribution in [0.2, 0.25) is 0 Å². The van der Waals surface area contributed by atoms with Crippen LogP contribution in [0, 0.1) is 6.92 Å². The molecule has 1 aromatic carbocycles. The molecule has 170 valence electrons. The summed E-state index contributed by atoms with van der Waals surface area (Å²) in [5.41, 5.74) is 2.75. The molecule has 0 saturated carbocycles. The second-order valence-electron chi connectivity index (χ2n) is 8.32. The van der Waals surface area contributed by atoms with Crippen molar-refractivity contribution >= 4 is 28.8 Å². The van der Waals surface area contributed by atoms with Crippen molar-refractivity contribution in [3.8, 4) is 5.75 Å². The molecule has 1 atom stereocenters. The molecular formula is C26H26N2O4S. The highest BCUT2D eigenvalue weighted by Crippen LogP contribution is 2.41. The van der Waals surface area contributed by atoms with Crippen molar-refractivity contribution in [3.63, 3.8) is 0 Å². The van der Waals surface area contributed by atoms with Gasteiger partial charge in [0.25, 0.3) is 11.7 Å². The highest BCUT2D eigenvalue weighted by molar-refractivity contribution is 7.09. The summed E-state index contributed by atoms with van der Waals surface area (Å²) in [5, 5.41) is 13.4. The first kappa shape index (κ1) is 22.7. The second kappa shape index (κ2) is 9.19. The molecule has 1 aliphatic heterocycles. The van der Waals surface area contributed by atoms with Gasteiger partial charge in [0, 0.05) is 16.6 Å². The standard InChI is InChI=1S/C26H26N2O4S/c1-15(2)18-13-19(16(3)12-21(18)32-4)24(29)22-23(20-9-5-6-10-27-20)28(26(31)25(22)30)14-17-8-7-11-33-17/h5-13,15,23,29H,14H2,1-4H3/b24-22+. The molecule has 3 aromatic rings. The van der Waals surface area contributed by atoms with Crippen LogP contribution in [0.15, 0.2) is 59.6 Å². The Bertz CT molecular complexity index is 1220. The lowest BCUT2D eigenvalue weighted by atomic mass is 9.92. The largest absolute Gasteiger partial charge is 0.507 e. The topological polar surface area (TPSA) is 79.7 Å². The van der Waals surface area contributed by atoms with E-state index in [9.17, 15) is 14.7 Å². The molecule has 1 amide bonds. The summed E-state index contributed by atoms with van der Waals surface area (Å²) in [5.74, 6) is -0.685. The van der Waals surface area contributed by atoms with Crippen LogP contribution in [-0.4, -0.2) is 33.8 Å². The number of Topliss-reactive ketones (excluding diaryl/α,β-unsaturated/α-hetero) is 1. The fourth-order valence-electron chi connectivity index (χ4n) is 4.19. The van der Waals surface area contributed by atoms with Crippen molar-refractivity contribution in [2.45, 2.75) is 39.3 Å². The van der Waals surface area contributed by atoms with Crippen molar-refractivity contribution in [2.24, 2.45) is 0 Å². The molecule has 0 radical (unpaired) electrons. The van der Waals surface area contributed by atoms with Gasteiger partial charge >= 0.3 is 0 Å². The van der Waals surface area contributed by atoms with E-state index in [1.165, 1.54) is 16.2 Å². The number of pyridine rings is 1. The van der Waals surface area contributed by atoms with Gasteiger partial charge in [0.15, 0.2) is 0 Å². The molecular weight excluding hydrogens is 436 g/mol. The zero-order valence-electron chi connectivity index (χ0n) is 19.0. The minimum Gasteiger partial charge on any atom is -0.507 e. The van der Waals surface area contributed by atoms with Gasteiger partial charge in [-0.25, -0.2) is 0 Å². The summed E-state index contributed by atoms with van der Waals surface area (Å²) in [6, 6.07) is 12.1. The fraction of sp³-hybridized carbons (Fsp3) is 0.269. The molecule has 1 aliphatic rings. The van der Waals surface area contributed by atoms with Crippen molar-refractivity contribution < 1.29 is 19.4 Å². The second-order valence-corrected chi connectivity index (χ2v) is 9.36. The normalized spacial score (nSPS) is 17.7. The lowest BCUT2D eigenvalue weighted by Crippen LogP contribution is -2.29. The van der Waals surface area contributed by atoms with Gasteiger partial charge in [-0.1, -0.05) is 26.0 Å². The molecule has 0 aliphatic carbocycles. The Morgan fingerprint density at radius 3 is 2.61 bits per heavy atom. The summed E-state index contributed by atoms with van der Waals surface area (Å²) in [4.78, 5) is 33.2. The molecule has 1 N–H and O–H groups in total. The van der Waals surface area contributed by atoms with Crippen molar-refractivity contribution in [1.29, 1.82) is 0 Å². The number of ether oxygens (including phenoxy) is 1. The number of aryl methyl sites for hydroxylation is 1. The highest BCUT2D eigenvalue weighted by atomic mass is 32.1. The van der Waals surface area contributed by atoms with Crippen molar-refractivity contribution in [1.82, 2.24) is 9.88 Å². The van der Waals surface area contributed by atoms with E-state index >= 15 is 0 Å². The molecule has 1 saturated heterocycles. The third kappa shape index (κ3) is 4.16. The number of hydrogen-bond acceptors (Lipinski definition) is 6. The first-order valence-electron chi connectivity index (χ1n) is 10.7. The molecule has 33 heavy (non-hydrogen) atoms. The Morgan fingerprint density at radius 2 is 2.00 bits per heavy atom. The minimum atomic E-state index is -0.780. The molecule has 0 bridgehead atoms. The number of amides is 1. The van der Waals surface area contributed by atoms with Crippen molar-refractivity contribution in [3.05, 3.63) is 86.9 Å². The number of methoxy groups -OCH3 is 1. The van der Waals surface area contributed by atoms with Crippen LogP contribution < -0.4 is 4.74 Å². The number of aromatic nitrogens is 1. The fourth-order valence-corrected chi connectivity index (χ4v) is 4.89. The third-order valence-electron chi connectivity index (χ3n) is 5.87. The average Bonchev–Trinajstić information content (AvgIpc) is 3.41. The van der Waals surface area contributed by atoms with Gasteiger partial charge in [0.1, 0.15) is 17.6 Å². The number of carbonyl (C=O) groups is 2. The van der Waals surface area contributed by atoms with E-state index in [-0.39, 0.29) is 23.8 Å². The minimum absolute atomic E-state index is 0.0539. The first-order valence-corrected chi connectivity index (χ1v) is 11.6. The number of hydrogen-bond donors (Lipinski definition) is 1. The van der Waals surface area contributed by atoms with Gasteiger partial charge < -0.3 is 14.7 Å². The monoisotopic (exact) mass is 462 g/mol. The number of nitrogens with zero attached hydrogens (tertiary/aromatic N) is 2. The SMILES string of the molecule is COc1cc(C)c(/C(O)=C2\C(=O)C(=O)N(Cc3cccs3)C2c2ccccn2)cc1C(C)C. The van der Waals surface area contributed by atoms with E-state index in [1.807, 2.05) is 56.5 Å². The number of carbonyl (C=O) groups excluding carboxylic acids is 2. The molecule has 7 heteroatoms. The lowest BCUT2D eigenvalue weighted by molar-refractivity contribution is -0.140. The van der Waals surface area contributed by atoms with Crippen LogP contribution in [0.1, 0.15) is 53.1 Å². The number of ketones is 1. The zero-order valence-corrected chi connectivity index (χ0v) is 19.8. The predicted molar refractivity (Wildman–Crippen MR) is 128 cm³/mol. The predicted octanol–water partition coefficient (Wildman–Crippen LogP) is 5.21. The van der Waals surface area contributed by atoms with E-state index in [0.717, 1.165) is 21.8 Å². The van der Waals surface area contributed by atoms with Crippen LogP contribution in [0.25, 0.3) is 5.76 Å². The summed E-state index contributed by atoms with van der Waals surface area (Å²) in [7, 11) is 1.61. The molecule has 1 unspecified atom stereocenters. The molecule has 3 heterocycles. The van der Waals surface area contributed by atoms with Crippen molar-refractivity contribution in [2.75, 3.05) is 7.11 Å². The number of likely N-dealkylation sites (tertiary alicyclic amines) is 1. The smallest absolute Gasteiger partial charge is 0.296 e. The zero-order chi connectivity index (χ0) is 23.7. The van der Waals surface area contributed by atoms with Gasteiger partial charge in [-0.05, 0) is 59.7 Å². The number of benzene rings is 1. The summed E-state index contributed by atoms with van der Waals surface area (Å²) < 4.78 is 5.52. The number of thiophene rings is 1. The van der Waals surface area contributed by atoms with E-state index in [0.29, 0.717) is 11.3 Å². The lowest BCUT2D eigenvalue weighted by Gasteiger charge is -2.24. The van der Waals surface area contributed by atoms with Gasteiger partial charge in [-0.3, -0.25) is 14.6 Å². The van der Waals surface area contributed by atoms with Crippen LogP contribution in [-0.2, 0) is 16.1 Å². The maximum Gasteiger partial charge on any atom is 0.296 e. The number of aliphatic hydroxyl groups is 1. The van der Waals surface area contributed by atoms with Crippen LogP contribution >= 0.6 is 11.3 Å². The van der Waals surface area contributed by atoms with Gasteiger partial charge in [-0.15, -0.1) is 11.3 Å². The van der Waals surface area contributed by atoms with E-state index in [4.69, 9.17) is 4.74 Å². The third-order valence-corrected chi connectivity index (χ3v) is 6.73. The maximum atomic E-state index is 13.2. The summed E-state index contributed by atoms with van der Waals surface area (Å²) in [6.45, 7) is 6.17. The van der Waals surface area contributed by atoms with E-state index in [2.05, 4.69) is 4.98 Å². The Balaban J connectivity index is 1.91. The molecule has 1 fully saturated rings. The van der Waals surface area contributed by atoms with Crippen LogP contribution in [0.5, 0.6) is 5.75 Å². The van der Waals surface area contributed by atoms with E-state index in [1.54, 1.807) is 25.4 Å². The number of rotatable bonds is 6. The maximum absolute atomic E-state index is 13.2. The first-order chi connectivity index (χ1) is 15.8. The molecule has 2 aromatic heterocycles. The summed E-state index contributed by atoms with van der Waals surface area (Å²) in [6.07, 6.45) is 1.62.